The molecule has 0 spiro atoms. The average Bonchev–Trinajstić information content (AvgIpc) is 3.24. The summed E-state index contributed by atoms with van der Waals surface area (Å²) in [5, 5.41) is 21.1. The lowest BCUT2D eigenvalue weighted by Crippen LogP contribution is -2.46. The molecule has 2 aromatic rings. The third-order valence-corrected chi connectivity index (χ3v) is 9.37. The van der Waals surface area contributed by atoms with E-state index in [0.717, 1.165) is 29.6 Å². The number of benzene rings is 2. The van der Waals surface area contributed by atoms with Crippen LogP contribution in [0.2, 0.25) is 6.32 Å². The Balaban J connectivity index is 1.50. The molecule has 2 aromatic carbocycles. The number of anilines is 1. The molecule has 5 rings (SSSR count). The van der Waals surface area contributed by atoms with Crippen LogP contribution in [0.5, 0.6) is 5.75 Å². The van der Waals surface area contributed by atoms with Crippen molar-refractivity contribution in [2.45, 2.75) is 77.7 Å². The van der Waals surface area contributed by atoms with Gasteiger partial charge in [-0.15, -0.1) is 0 Å². The maximum absolute atomic E-state index is 14.0. The largest absolute Gasteiger partial charge is 0.507 e. The number of rotatable bonds is 8. The van der Waals surface area contributed by atoms with Gasteiger partial charge in [0.25, 0.3) is 0 Å². The number of carbonyl (C=O) groups is 2. The second-order valence-corrected chi connectivity index (χ2v) is 12.8. The maximum atomic E-state index is 14.0. The average molecular weight is 663 g/mol. The maximum Gasteiger partial charge on any atom is 0.455 e. The lowest BCUT2D eigenvalue weighted by Gasteiger charge is -2.44. The summed E-state index contributed by atoms with van der Waals surface area (Å²) < 4.78 is 88.0. The standard InChI is InChI=1S/C34H36BF6NO5/c1-4-7-19(12-20-8-5-6-9-27(20)43)10-11-28-29-24(18(2)3)16-25-30(26(29)17-35(46)47-28)32(45)42(31(25)44)23-14-21(33(36,37)38)13-22(15-23)34(39,40)41/h5-6,8-9,12-15,18,25-26,28,30,43,46H,4,7,10-11,16-17H2,1-3H3/b19-12+/t25-,26+,28-,30-/m1/s1. The van der Waals surface area contributed by atoms with E-state index in [4.69, 9.17) is 4.65 Å². The fourth-order valence-corrected chi connectivity index (χ4v) is 7.31. The summed E-state index contributed by atoms with van der Waals surface area (Å²) in [6.45, 7) is 5.83. The Bertz CT molecular complexity index is 1570. The molecule has 0 aromatic heterocycles. The second kappa shape index (κ2) is 13.1. The zero-order chi connectivity index (χ0) is 34.4. The van der Waals surface area contributed by atoms with E-state index in [1.165, 1.54) is 0 Å². The number of nitrogens with zero attached hydrogens (tertiary/aromatic N) is 1. The van der Waals surface area contributed by atoms with Gasteiger partial charge in [-0.25, -0.2) is 4.90 Å². The number of carbonyl (C=O) groups excluding carboxylic acids is 2. The SMILES string of the molecule is CCC/C(=C\c1ccccc1O)CC[C@H]1OB(O)C[C@H]2C1=C(C(C)C)C[C@H]1C(=O)N(c3cc(C(F)(F)F)cc(C(F)(F)F)c3)C(=O)[C@H]12. The first-order valence-corrected chi connectivity index (χ1v) is 15.7. The Morgan fingerprint density at radius 1 is 1.00 bits per heavy atom. The Morgan fingerprint density at radius 3 is 2.21 bits per heavy atom. The van der Waals surface area contributed by atoms with Crippen LogP contribution in [0.1, 0.15) is 69.6 Å². The van der Waals surface area contributed by atoms with Crippen molar-refractivity contribution in [2.24, 2.45) is 23.7 Å². The number of hydrogen-bond acceptors (Lipinski definition) is 5. The van der Waals surface area contributed by atoms with Gasteiger partial charge in [0.15, 0.2) is 0 Å². The molecule has 47 heavy (non-hydrogen) atoms. The highest BCUT2D eigenvalue weighted by Crippen LogP contribution is 2.53. The van der Waals surface area contributed by atoms with E-state index in [-0.39, 0.29) is 30.5 Å². The Hall–Kier alpha value is -3.58. The summed E-state index contributed by atoms with van der Waals surface area (Å²) in [4.78, 5) is 28.2. The third kappa shape index (κ3) is 7.01. The number of allylic oxidation sites excluding steroid dienone is 2. The van der Waals surface area contributed by atoms with Crippen molar-refractivity contribution in [1.82, 2.24) is 0 Å². The lowest BCUT2D eigenvalue weighted by molar-refractivity contribution is -0.143. The van der Waals surface area contributed by atoms with E-state index in [9.17, 15) is 46.1 Å². The molecule has 2 heterocycles. The molecule has 2 amide bonds. The molecule has 0 saturated carbocycles. The molecule has 0 unspecified atom stereocenters. The first-order valence-electron chi connectivity index (χ1n) is 15.7. The topological polar surface area (TPSA) is 87.1 Å². The number of para-hydroxylation sites is 1. The number of aromatic hydroxyl groups is 1. The van der Waals surface area contributed by atoms with E-state index in [1.807, 2.05) is 32.9 Å². The predicted molar refractivity (Wildman–Crippen MR) is 164 cm³/mol. The smallest absolute Gasteiger partial charge is 0.455 e. The summed E-state index contributed by atoms with van der Waals surface area (Å²) in [7, 11) is -1.31. The van der Waals surface area contributed by atoms with Crippen molar-refractivity contribution >= 4 is 30.7 Å². The van der Waals surface area contributed by atoms with Gasteiger partial charge in [0.2, 0.25) is 11.8 Å². The number of imide groups is 1. The van der Waals surface area contributed by atoms with E-state index < -0.39 is 72.0 Å². The molecule has 2 saturated heterocycles. The van der Waals surface area contributed by atoms with Gasteiger partial charge in [0, 0.05) is 5.56 Å². The number of phenols is 1. The van der Waals surface area contributed by atoms with Crippen LogP contribution in [0.25, 0.3) is 6.08 Å². The molecule has 0 bridgehead atoms. The quantitative estimate of drug-likeness (QED) is 0.129. The number of phenolic OH excluding ortho intramolecular Hbond substituents is 1. The highest BCUT2D eigenvalue weighted by atomic mass is 19.4. The monoisotopic (exact) mass is 663 g/mol. The van der Waals surface area contributed by atoms with Crippen molar-refractivity contribution in [1.29, 1.82) is 0 Å². The zero-order valence-electron chi connectivity index (χ0n) is 26.2. The van der Waals surface area contributed by atoms with Gasteiger partial charge in [-0.2, -0.15) is 26.3 Å². The van der Waals surface area contributed by atoms with Crippen molar-refractivity contribution in [3.05, 3.63) is 75.9 Å². The summed E-state index contributed by atoms with van der Waals surface area (Å²) in [6, 6.07) is 7.66. The van der Waals surface area contributed by atoms with Gasteiger partial charge in [-0.1, -0.05) is 62.6 Å². The van der Waals surface area contributed by atoms with Crippen LogP contribution in [0.3, 0.4) is 0 Å². The highest BCUT2D eigenvalue weighted by molar-refractivity contribution is 6.43. The first kappa shape index (κ1) is 34.8. The van der Waals surface area contributed by atoms with Crippen molar-refractivity contribution < 1.29 is 50.7 Å². The van der Waals surface area contributed by atoms with Gasteiger partial charge < -0.3 is 14.8 Å². The van der Waals surface area contributed by atoms with Gasteiger partial charge >= 0.3 is 19.5 Å². The van der Waals surface area contributed by atoms with Gasteiger partial charge in [0.1, 0.15) is 5.75 Å². The molecule has 6 nitrogen and oxygen atoms in total. The Labute approximate surface area is 269 Å². The molecule has 3 aliphatic rings. The lowest BCUT2D eigenvalue weighted by atomic mass is 9.57. The Morgan fingerprint density at radius 2 is 1.64 bits per heavy atom. The number of fused-ring (bicyclic) bond motifs is 3. The van der Waals surface area contributed by atoms with Crippen LogP contribution in [0.4, 0.5) is 32.0 Å². The van der Waals surface area contributed by atoms with E-state index in [2.05, 4.69) is 0 Å². The van der Waals surface area contributed by atoms with Gasteiger partial charge in [0.05, 0.1) is 34.8 Å². The number of alkyl halides is 6. The van der Waals surface area contributed by atoms with Crippen molar-refractivity contribution in [3.63, 3.8) is 0 Å². The van der Waals surface area contributed by atoms with Crippen LogP contribution in [-0.2, 0) is 26.6 Å². The first-order chi connectivity index (χ1) is 22.0. The number of hydrogen-bond donors (Lipinski definition) is 2. The molecular weight excluding hydrogens is 627 g/mol. The molecule has 252 valence electrons. The van der Waals surface area contributed by atoms with Crippen LogP contribution >= 0.6 is 0 Å². The predicted octanol–water partition coefficient (Wildman–Crippen LogP) is 8.05. The molecule has 2 N–H and O–H groups in total. The number of halogens is 6. The zero-order valence-corrected chi connectivity index (χ0v) is 26.2. The summed E-state index contributed by atoms with van der Waals surface area (Å²) >= 11 is 0. The van der Waals surface area contributed by atoms with Gasteiger partial charge in [-0.05, 0) is 73.7 Å². The summed E-state index contributed by atoms with van der Waals surface area (Å²) in [5.74, 6) is -4.55. The molecule has 2 fully saturated rings. The minimum Gasteiger partial charge on any atom is -0.507 e. The van der Waals surface area contributed by atoms with E-state index >= 15 is 0 Å². The van der Waals surface area contributed by atoms with Crippen LogP contribution in [0, 0.1) is 23.7 Å². The highest BCUT2D eigenvalue weighted by Gasteiger charge is 2.58. The van der Waals surface area contributed by atoms with Crippen LogP contribution in [-0.4, -0.2) is 35.2 Å². The summed E-state index contributed by atoms with van der Waals surface area (Å²) in [6.07, 6.45) is -6.52. The molecule has 13 heteroatoms. The van der Waals surface area contributed by atoms with Crippen molar-refractivity contribution in [2.75, 3.05) is 4.90 Å². The fourth-order valence-electron chi connectivity index (χ4n) is 7.31. The molecular formula is C34H36BF6NO5. The van der Waals surface area contributed by atoms with E-state index in [1.54, 1.807) is 18.2 Å². The third-order valence-electron chi connectivity index (χ3n) is 9.37. The minimum atomic E-state index is -5.16. The second-order valence-electron chi connectivity index (χ2n) is 12.8. The minimum absolute atomic E-state index is 0.0437. The molecule has 4 atom stereocenters. The Kier molecular flexibility index (Phi) is 9.72. The molecule has 1 aliphatic carbocycles. The van der Waals surface area contributed by atoms with Gasteiger partial charge in [-0.3, -0.25) is 9.59 Å². The normalized spacial score (nSPS) is 23.9. The fraction of sp³-hybridized carbons (Fsp3) is 0.471. The summed E-state index contributed by atoms with van der Waals surface area (Å²) in [5.41, 5.74) is -0.767. The van der Waals surface area contributed by atoms with Crippen LogP contribution < -0.4 is 4.90 Å². The molecule has 0 radical (unpaired) electrons. The molecule has 2 aliphatic heterocycles. The van der Waals surface area contributed by atoms with E-state index in [0.29, 0.717) is 35.4 Å². The van der Waals surface area contributed by atoms with Crippen LogP contribution in [0.15, 0.2) is 59.2 Å². The number of amides is 2. The van der Waals surface area contributed by atoms with Crippen molar-refractivity contribution in [3.8, 4) is 5.75 Å².